The van der Waals surface area contributed by atoms with Gasteiger partial charge in [0.25, 0.3) is 11.5 Å². The van der Waals surface area contributed by atoms with E-state index >= 15 is 0 Å². The van der Waals surface area contributed by atoms with Crippen molar-refractivity contribution in [3.8, 4) is 0 Å². The van der Waals surface area contributed by atoms with Gasteiger partial charge in [0, 0.05) is 20.2 Å². The standard InChI is InChI=1S/C17H19N5O4S/c1-11-4-6-12(7-5-11)8-9-13(23)18-19-14(24)10-27-15-16(25)21(2)17(26)22(3)20-15/h4-9H,10H2,1-3H3,(H,18,23)(H,19,24)/b9-8+. The zero-order valence-corrected chi connectivity index (χ0v) is 15.9. The number of aromatic nitrogens is 3. The number of nitrogens with zero attached hydrogens (tertiary/aromatic N) is 3. The molecule has 1 heterocycles. The number of nitrogens with one attached hydrogen (secondary N) is 2. The van der Waals surface area contributed by atoms with Crippen LogP contribution >= 0.6 is 11.8 Å². The van der Waals surface area contributed by atoms with Gasteiger partial charge in [-0.15, -0.1) is 0 Å². The minimum absolute atomic E-state index is 0.0142. The molecule has 1 aromatic heterocycles. The lowest BCUT2D eigenvalue weighted by molar-refractivity contribution is -0.125. The van der Waals surface area contributed by atoms with Crippen molar-refractivity contribution in [1.82, 2.24) is 25.2 Å². The van der Waals surface area contributed by atoms with Gasteiger partial charge in [-0.05, 0) is 18.6 Å². The average Bonchev–Trinajstić information content (AvgIpc) is 2.66. The molecule has 2 amide bonds. The van der Waals surface area contributed by atoms with E-state index < -0.39 is 23.1 Å². The van der Waals surface area contributed by atoms with Gasteiger partial charge >= 0.3 is 5.69 Å². The normalized spacial score (nSPS) is 10.8. The molecule has 0 bridgehead atoms. The van der Waals surface area contributed by atoms with Gasteiger partial charge in [-0.3, -0.25) is 29.8 Å². The highest BCUT2D eigenvalue weighted by Gasteiger charge is 2.11. The van der Waals surface area contributed by atoms with Crippen LogP contribution in [-0.2, 0) is 23.7 Å². The first kappa shape index (κ1) is 20.2. The number of carbonyl (C=O) groups excluding carboxylic acids is 2. The first-order valence-corrected chi connectivity index (χ1v) is 8.87. The number of hydrogen-bond donors (Lipinski definition) is 2. The van der Waals surface area contributed by atoms with Crippen LogP contribution in [0.2, 0.25) is 0 Å². The smallest absolute Gasteiger partial charge is 0.272 e. The van der Waals surface area contributed by atoms with E-state index in [1.54, 1.807) is 6.08 Å². The second-order valence-electron chi connectivity index (χ2n) is 5.65. The Morgan fingerprint density at radius 1 is 1.15 bits per heavy atom. The third-order valence-electron chi connectivity index (χ3n) is 3.46. The maximum atomic E-state index is 11.9. The number of carbonyl (C=O) groups is 2. The fourth-order valence-corrected chi connectivity index (χ4v) is 2.73. The fraction of sp³-hybridized carbons (Fsp3) is 0.235. The summed E-state index contributed by atoms with van der Waals surface area (Å²) in [4.78, 5) is 47.0. The van der Waals surface area contributed by atoms with Gasteiger partial charge in [-0.25, -0.2) is 9.48 Å². The van der Waals surface area contributed by atoms with Crippen LogP contribution in [-0.4, -0.2) is 31.9 Å². The summed E-state index contributed by atoms with van der Waals surface area (Å²) in [7, 11) is 2.74. The SMILES string of the molecule is Cc1ccc(/C=C/C(=O)NNC(=O)CSc2nn(C)c(=O)n(C)c2=O)cc1. The molecule has 0 saturated carbocycles. The molecule has 0 atom stereocenters. The number of rotatable bonds is 5. The fourth-order valence-electron chi connectivity index (χ4n) is 1.95. The van der Waals surface area contributed by atoms with Crippen LogP contribution in [0, 0.1) is 6.92 Å². The Morgan fingerprint density at radius 2 is 1.81 bits per heavy atom. The maximum Gasteiger partial charge on any atom is 0.346 e. The molecule has 2 N–H and O–H groups in total. The van der Waals surface area contributed by atoms with Gasteiger partial charge in [-0.2, -0.15) is 5.10 Å². The van der Waals surface area contributed by atoms with E-state index in [1.807, 2.05) is 31.2 Å². The summed E-state index contributed by atoms with van der Waals surface area (Å²) in [5.41, 5.74) is 5.33. The van der Waals surface area contributed by atoms with Crippen LogP contribution in [0.4, 0.5) is 0 Å². The van der Waals surface area contributed by atoms with E-state index in [2.05, 4.69) is 16.0 Å². The molecule has 27 heavy (non-hydrogen) atoms. The van der Waals surface area contributed by atoms with E-state index in [0.29, 0.717) is 0 Å². The van der Waals surface area contributed by atoms with E-state index in [0.717, 1.165) is 32.1 Å². The number of hydrazine groups is 1. The summed E-state index contributed by atoms with van der Waals surface area (Å²) in [5.74, 6) is -1.16. The number of hydrogen-bond acceptors (Lipinski definition) is 6. The molecule has 0 aliphatic carbocycles. The topological polar surface area (TPSA) is 115 Å². The number of thioether (sulfide) groups is 1. The van der Waals surface area contributed by atoms with Crippen molar-refractivity contribution in [2.75, 3.05) is 5.75 Å². The summed E-state index contributed by atoms with van der Waals surface area (Å²) in [6.07, 6.45) is 2.91. The van der Waals surface area contributed by atoms with Gasteiger partial charge in [0.1, 0.15) is 0 Å². The monoisotopic (exact) mass is 389 g/mol. The van der Waals surface area contributed by atoms with Crippen LogP contribution in [0.15, 0.2) is 45.0 Å². The molecule has 2 rings (SSSR count). The first-order valence-electron chi connectivity index (χ1n) is 7.88. The van der Waals surface area contributed by atoms with Gasteiger partial charge in [0.15, 0.2) is 5.03 Å². The zero-order valence-electron chi connectivity index (χ0n) is 15.1. The highest BCUT2D eigenvalue weighted by molar-refractivity contribution is 7.99. The van der Waals surface area contributed by atoms with Crippen molar-refractivity contribution in [2.45, 2.75) is 11.9 Å². The molecule has 0 aliphatic heterocycles. The van der Waals surface area contributed by atoms with E-state index in [4.69, 9.17) is 0 Å². The van der Waals surface area contributed by atoms with Gasteiger partial charge < -0.3 is 0 Å². The summed E-state index contributed by atoms with van der Waals surface area (Å²) >= 11 is 0.870. The Kier molecular flexibility index (Phi) is 6.72. The molecule has 0 unspecified atom stereocenters. The van der Waals surface area contributed by atoms with Gasteiger partial charge in [-0.1, -0.05) is 41.6 Å². The quantitative estimate of drug-likeness (QED) is 0.414. The number of amides is 2. The van der Waals surface area contributed by atoms with Crippen molar-refractivity contribution >= 4 is 29.7 Å². The van der Waals surface area contributed by atoms with Crippen molar-refractivity contribution < 1.29 is 9.59 Å². The summed E-state index contributed by atoms with van der Waals surface area (Å²) in [6.45, 7) is 1.97. The van der Waals surface area contributed by atoms with E-state index in [1.165, 1.54) is 20.2 Å². The Morgan fingerprint density at radius 3 is 2.48 bits per heavy atom. The zero-order chi connectivity index (χ0) is 20.0. The van der Waals surface area contributed by atoms with Crippen LogP contribution in [0.1, 0.15) is 11.1 Å². The number of benzene rings is 1. The Bertz CT molecular complexity index is 992. The highest BCUT2D eigenvalue weighted by Crippen LogP contribution is 2.08. The highest BCUT2D eigenvalue weighted by atomic mass is 32.2. The van der Waals surface area contributed by atoms with Crippen LogP contribution in [0.3, 0.4) is 0 Å². The van der Waals surface area contributed by atoms with E-state index in [9.17, 15) is 19.2 Å². The van der Waals surface area contributed by atoms with E-state index in [-0.39, 0.29) is 10.8 Å². The maximum absolute atomic E-state index is 11.9. The van der Waals surface area contributed by atoms with Gasteiger partial charge in [0.2, 0.25) is 5.91 Å². The van der Waals surface area contributed by atoms with Crippen molar-refractivity contribution in [2.24, 2.45) is 14.1 Å². The largest absolute Gasteiger partial charge is 0.346 e. The lowest BCUT2D eigenvalue weighted by atomic mass is 10.1. The Balaban J connectivity index is 1.84. The summed E-state index contributed by atoms with van der Waals surface area (Å²) in [6, 6.07) is 7.59. The predicted octanol–water partition coefficient (Wildman–Crippen LogP) is -0.260. The Labute approximate surface area is 159 Å². The third-order valence-corrected chi connectivity index (χ3v) is 4.40. The molecule has 0 fully saturated rings. The minimum Gasteiger partial charge on any atom is -0.272 e. The molecule has 10 heteroatoms. The molecule has 0 aliphatic rings. The molecule has 142 valence electrons. The average molecular weight is 389 g/mol. The lowest BCUT2D eigenvalue weighted by Gasteiger charge is -2.06. The molecule has 2 aromatic rings. The summed E-state index contributed by atoms with van der Waals surface area (Å²) in [5, 5.41) is 3.84. The molecule has 0 saturated heterocycles. The van der Waals surface area contributed by atoms with Crippen LogP contribution in [0.5, 0.6) is 0 Å². The first-order chi connectivity index (χ1) is 12.8. The second kappa shape index (κ2) is 8.99. The molecule has 0 spiro atoms. The van der Waals surface area contributed by atoms with Crippen molar-refractivity contribution in [3.63, 3.8) is 0 Å². The van der Waals surface area contributed by atoms with Crippen molar-refractivity contribution in [3.05, 3.63) is 62.3 Å². The molecular formula is C17H19N5O4S. The van der Waals surface area contributed by atoms with Crippen molar-refractivity contribution in [1.29, 1.82) is 0 Å². The van der Waals surface area contributed by atoms with Crippen LogP contribution < -0.4 is 22.1 Å². The number of aryl methyl sites for hydroxylation is 2. The van der Waals surface area contributed by atoms with Gasteiger partial charge in [0.05, 0.1) is 5.75 Å². The lowest BCUT2D eigenvalue weighted by Crippen LogP contribution is -2.42. The minimum atomic E-state index is -0.582. The molecule has 9 nitrogen and oxygen atoms in total. The van der Waals surface area contributed by atoms with Crippen LogP contribution in [0.25, 0.3) is 6.08 Å². The predicted molar refractivity (Wildman–Crippen MR) is 102 cm³/mol. The Hall–Kier alpha value is -3.14. The third kappa shape index (κ3) is 5.68. The second-order valence-corrected chi connectivity index (χ2v) is 6.61. The molecule has 0 radical (unpaired) electrons. The molecule has 1 aromatic carbocycles. The summed E-state index contributed by atoms with van der Waals surface area (Å²) < 4.78 is 1.92. The molecular weight excluding hydrogens is 370 g/mol.